The number of nitrogens with zero attached hydrogens (tertiary/aromatic N) is 4. The van der Waals surface area contributed by atoms with Crippen molar-refractivity contribution < 1.29 is 14.1 Å². The van der Waals surface area contributed by atoms with Crippen LogP contribution in [0.3, 0.4) is 0 Å². The summed E-state index contributed by atoms with van der Waals surface area (Å²) in [7, 11) is 1.57. The molecule has 120 valence electrons. The SMILES string of the molecule is COc1ccnc(C(=O)N2CCCC2c2noc(C3CC3)n2)c1. The van der Waals surface area contributed by atoms with Crippen LogP contribution in [0.15, 0.2) is 22.9 Å². The second-order valence-electron chi connectivity index (χ2n) is 6.00. The number of methoxy groups -OCH3 is 1. The van der Waals surface area contributed by atoms with E-state index in [1.807, 2.05) is 0 Å². The Bertz CT molecular complexity index is 726. The Balaban J connectivity index is 1.57. The van der Waals surface area contributed by atoms with Crippen molar-refractivity contribution in [2.75, 3.05) is 13.7 Å². The van der Waals surface area contributed by atoms with E-state index in [1.54, 1.807) is 30.3 Å². The van der Waals surface area contributed by atoms with E-state index >= 15 is 0 Å². The highest BCUT2D eigenvalue weighted by Gasteiger charge is 2.36. The minimum atomic E-state index is -0.133. The molecule has 2 aromatic rings. The first-order valence-corrected chi connectivity index (χ1v) is 7.91. The molecule has 0 bridgehead atoms. The third-order valence-electron chi connectivity index (χ3n) is 4.38. The first-order chi connectivity index (χ1) is 11.3. The molecule has 2 aromatic heterocycles. The molecule has 7 nitrogen and oxygen atoms in total. The molecule has 23 heavy (non-hydrogen) atoms. The lowest BCUT2D eigenvalue weighted by Crippen LogP contribution is -2.31. The van der Waals surface area contributed by atoms with Gasteiger partial charge in [0.1, 0.15) is 11.4 Å². The predicted octanol–water partition coefficient (Wildman–Crippen LogP) is 2.33. The van der Waals surface area contributed by atoms with E-state index in [-0.39, 0.29) is 11.9 Å². The normalized spacial score (nSPS) is 20.7. The van der Waals surface area contributed by atoms with E-state index in [4.69, 9.17) is 9.26 Å². The number of carbonyl (C=O) groups excluding carboxylic acids is 1. The molecule has 4 rings (SSSR count). The van der Waals surface area contributed by atoms with Gasteiger partial charge in [-0.3, -0.25) is 9.78 Å². The zero-order valence-corrected chi connectivity index (χ0v) is 12.9. The van der Waals surface area contributed by atoms with Gasteiger partial charge in [-0.25, -0.2) is 0 Å². The van der Waals surface area contributed by atoms with E-state index < -0.39 is 0 Å². The predicted molar refractivity (Wildman–Crippen MR) is 80.1 cm³/mol. The first kappa shape index (κ1) is 14.2. The number of ether oxygens (including phenoxy) is 1. The molecule has 0 spiro atoms. The first-order valence-electron chi connectivity index (χ1n) is 7.91. The summed E-state index contributed by atoms with van der Waals surface area (Å²) >= 11 is 0. The van der Waals surface area contributed by atoms with E-state index in [9.17, 15) is 4.79 Å². The van der Waals surface area contributed by atoms with Crippen LogP contribution >= 0.6 is 0 Å². The molecule has 1 saturated heterocycles. The van der Waals surface area contributed by atoms with E-state index in [1.165, 1.54) is 0 Å². The fourth-order valence-electron chi connectivity index (χ4n) is 2.96. The van der Waals surface area contributed by atoms with Crippen LogP contribution in [0.4, 0.5) is 0 Å². The molecule has 0 N–H and O–H groups in total. The van der Waals surface area contributed by atoms with Gasteiger partial charge in [0.2, 0.25) is 5.89 Å². The molecule has 0 aromatic carbocycles. The highest BCUT2D eigenvalue weighted by atomic mass is 16.5. The average molecular weight is 314 g/mol. The minimum absolute atomic E-state index is 0.121. The van der Waals surface area contributed by atoms with Gasteiger partial charge in [-0.05, 0) is 31.7 Å². The van der Waals surface area contributed by atoms with Crippen molar-refractivity contribution in [1.29, 1.82) is 0 Å². The molecule has 1 atom stereocenters. The molecule has 0 radical (unpaired) electrons. The number of likely N-dealkylation sites (tertiary alicyclic amines) is 1. The number of aromatic nitrogens is 3. The van der Waals surface area contributed by atoms with Gasteiger partial charge in [0.15, 0.2) is 5.82 Å². The molecule has 1 aliphatic carbocycles. The van der Waals surface area contributed by atoms with Crippen molar-refractivity contribution in [3.63, 3.8) is 0 Å². The standard InChI is InChI=1S/C16H18N4O3/c1-22-11-6-7-17-12(9-11)16(21)20-8-2-3-13(20)14-18-15(23-19-14)10-4-5-10/h6-7,9-10,13H,2-5,8H2,1H3. The lowest BCUT2D eigenvalue weighted by atomic mass is 10.2. The second-order valence-corrected chi connectivity index (χ2v) is 6.00. The van der Waals surface area contributed by atoms with Crippen molar-refractivity contribution in [2.24, 2.45) is 0 Å². The highest BCUT2D eigenvalue weighted by Crippen LogP contribution is 2.40. The zero-order valence-electron chi connectivity index (χ0n) is 12.9. The Morgan fingerprint density at radius 1 is 1.39 bits per heavy atom. The summed E-state index contributed by atoms with van der Waals surface area (Å²) in [5, 5.41) is 4.09. The van der Waals surface area contributed by atoms with Crippen LogP contribution in [0.25, 0.3) is 0 Å². The maximum absolute atomic E-state index is 12.8. The van der Waals surface area contributed by atoms with E-state index in [2.05, 4.69) is 15.1 Å². The zero-order chi connectivity index (χ0) is 15.8. The van der Waals surface area contributed by atoms with Crippen LogP contribution in [0.1, 0.15) is 59.8 Å². The number of hydrogen-bond donors (Lipinski definition) is 0. The third kappa shape index (κ3) is 2.67. The van der Waals surface area contributed by atoms with Gasteiger partial charge in [0.05, 0.1) is 13.2 Å². The number of rotatable bonds is 4. The van der Waals surface area contributed by atoms with Crippen LogP contribution in [-0.2, 0) is 0 Å². The Morgan fingerprint density at radius 2 is 2.26 bits per heavy atom. The van der Waals surface area contributed by atoms with Gasteiger partial charge in [-0.1, -0.05) is 5.16 Å². The molecule has 1 amide bonds. The summed E-state index contributed by atoms with van der Waals surface area (Å²) < 4.78 is 10.5. The monoisotopic (exact) mass is 314 g/mol. The van der Waals surface area contributed by atoms with Crippen molar-refractivity contribution in [3.05, 3.63) is 35.7 Å². The van der Waals surface area contributed by atoms with Gasteiger partial charge < -0.3 is 14.2 Å². The van der Waals surface area contributed by atoms with Gasteiger partial charge >= 0.3 is 0 Å². The fourth-order valence-corrected chi connectivity index (χ4v) is 2.96. The molecule has 7 heteroatoms. The summed E-state index contributed by atoms with van der Waals surface area (Å²) in [6.07, 6.45) is 5.58. The van der Waals surface area contributed by atoms with Crippen molar-refractivity contribution >= 4 is 5.91 Å². The topological polar surface area (TPSA) is 81.4 Å². The molecule has 2 aliphatic rings. The van der Waals surface area contributed by atoms with Crippen LogP contribution in [0.2, 0.25) is 0 Å². The number of amides is 1. The summed E-state index contributed by atoms with van der Waals surface area (Å²) in [4.78, 5) is 23.2. The van der Waals surface area contributed by atoms with Crippen LogP contribution in [0, 0.1) is 0 Å². The molecule has 2 fully saturated rings. The summed E-state index contributed by atoms with van der Waals surface area (Å²) in [6, 6.07) is 3.25. The Morgan fingerprint density at radius 3 is 3.04 bits per heavy atom. The van der Waals surface area contributed by atoms with Crippen molar-refractivity contribution in [2.45, 2.75) is 37.6 Å². The Labute approximate surface area is 133 Å². The quantitative estimate of drug-likeness (QED) is 0.861. The molecule has 1 saturated carbocycles. The van der Waals surface area contributed by atoms with Crippen LogP contribution in [-0.4, -0.2) is 39.6 Å². The minimum Gasteiger partial charge on any atom is -0.497 e. The van der Waals surface area contributed by atoms with E-state index in [0.717, 1.165) is 25.7 Å². The third-order valence-corrected chi connectivity index (χ3v) is 4.38. The summed E-state index contributed by atoms with van der Waals surface area (Å²) in [6.45, 7) is 0.676. The highest BCUT2D eigenvalue weighted by molar-refractivity contribution is 5.93. The Kier molecular flexibility index (Phi) is 3.48. The Hall–Kier alpha value is -2.44. The molecule has 3 heterocycles. The summed E-state index contributed by atoms with van der Waals surface area (Å²) in [5.74, 6) is 2.24. The largest absolute Gasteiger partial charge is 0.497 e. The summed E-state index contributed by atoms with van der Waals surface area (Å²) in [5.41, 5.74) is 0.377. The average Bonchev–Trinajstić information content (AvgIpc) is 3.13. The maximum atomic E-state index is 12.8. The molecular weight excluding hydrogens is 296 g/mol. The lowest BCUT2D eigenvalue weighted by Gasteiger charge is -2.21. The van der Waals surface area contributed by atoms with Gasteiger partial charge in [0, 0.05) is 24.7 Å². The number of hydrogen-bond acceptors (Lipinski definition) is 6. The van der Waals surface area contributed by atoms with Crippen molar-refractivity contribution in [1.82, 2.24) is 20.0 Å². The molecule has 1 unspecified atom stereocenters. The van der Waals surface area contributed by atoms with Gasteiger partial charge in [-0.15, -0.1) is 0 Å². The number of pyridine rings is 1. The maximum Gasteiger partial charge on any atom is 0.273 e. The number of carbonyl (C=O) groups is 1. The van der Waals surface area contributed by atoms with Crippen LogP contribution < -0.4 is 4.74 Å². The van der Waals surface area contributed by atoms with Gasteiger partial charge in [-0.2, -0.15) is 4.98 Å². The van der Waals surface area contributed by atoms with Crippen LogP contribution in [0.5, 0.6) is 5.75 Å². The van der Waals surface area contributed by atoms with Gasteiger partial charge in [0.25, 0.3) is 5.91 Å². The second kappa shape index (κ2) is 5.64. The molecular formula is C16H18N4O3. The van der Waals surface area contributed by atoms with Crippen molar-refractivity contribution in [3.8, 4) is 5.75 Å². The smallest absolute Gasteiger partial charge is 0.273 e. The lowest BCUT2D eigenvalue weighted by molar-refractivity contribution is 0.0722. The molecule has 1 aliphatic heterocycles. The van der Waals surface area contributed by atoms with E-state index in [0.29, 0.717) is 35.6 Å². The fraction of sp³-hybridized carbons (Fsp3) is 0.500.